The summed E-state index contributed by atoms with van der Waals surface area (Å²) in [5, 5.41) is 4.15. The van der Waals surface area contributed by atoms with Gasteiger partial charge in [-0.25, -0.2) is 0 Å². The van der Waals surface area contributed by atoms with E-state index in [4.69, 9.17) is 37.4 Å². The zero-order valence-corrected chi connectivity index (χ0v) is 18.8. The largest absolute Gasteiger partial charge is 0.493 e. The van der Waals surface area contributed by atoms with Gasteiger partial charge in [0.25, 0.3) is 0 Å². The maximum atomic E-state index is 12.1. The number of hydrogen-bond donors (Lipinski definition) is 1. The van der Waals surface area contributed by atoms with E-state index in [1.807, 2.05) is 18.2 Å². The molecule has 0 heterocycles. The van der Waals surface area contributed by atoms with Crippen LogP contribution in [-0.4, -0.2) is 39.5 Å². The van der Waals surface area contributed by atoms with Gasteiger partial charge in [-0.2, -0.15) is 11.8 Å². The molecule has 0 saturated heterocycles. The smallest absolute Gasteiger partial charge is 0.244 e. The van der Waals surface area contributed by atoms with Crippen molar-refractivity contribution in [2.75, 3.05) is 33.6 Å². The molecule has 0 bridgehead atoms. The van der Waals surface area contributed by atoms with Gasteiger partial charge in [0, 0.05) is 39.7 Å². The van der Waals surface area contributed by atoms with E-state index >= 15 is 0 Å². The van der Waals surface area contributed by atoms with Crippen molar-refractivity contribution < 1.29 is 19.0 Å². The molecule has 0 spiro atoms. The number of ether oxygens (including phenoxy) is 3. The molecule has 0 saturated carbocycles. The molecule has 0 radical (unpaired) electrons. The number of halogens is 2. The molecule has 0 atom stereocenters. The average Bonchev–Trinajstić information content (AvgIpc) is 2.72. The first-order valence-electron chi connectivity index (χ1n) is 8.77. The van der Waals surface area contributed by atoms with E-state index in [1.54, 1.807) is 37.1 Å². The maximum absolute atomic E-state index is 12.1. The Hall–Kier alpha value is -2.02. The fourth-order valence-electron chi connectivity index (χ4n) is 2.57. The van der Waals surface area contributed by atoms with Crippen LogP contribution in [0.25, 0.3) is 6.08 Å². The van der Waals surface area contributed by atoms with E-state index in [-0.39, 0.29) is 5.91 Å². The number of benzene rings is 2. The Morgan fingerprint density at radius 2 is 1.72 bits per heavy atom. The van der Waals surface area contributed by atoms with Crippen LogP contribution >= 0.6 is 35.0 Å². The Kier molecular flexibility index (Phi) is 9.51. The first-order valence-corrected chi connectivity index (χ1v) is 10.7. The van der Waals surface area contributed by atoms with Crippen molar-refractivity contribution in [2.24, 2.45) is 0 Å². The number of hydrogen-bond acceptors (Lipinski definition) is 5. The number of methoxy groups -OCH3 is 3. The summed E-state index contributed by atoms with van der Waals surface area (Å²) in [4.78, 5) is 12.1. The minimum atomic E-state index is -0.196. The molecule has 2 aromatic carbocycles. The molecule has 2 aromatic rings. The molecule has 1 N–H and O–H groups in total. The summed E-state index contributed by atoms with van der Waals surface area (Å²) in [6.07, 6.45) is 3.13. The number of rotatable bonds is 10. The molecular formula is C21H23Cl2NO4S. The molecule has 8 heteroatoms. The lowest BCUT2D eigenvalue weighted by Gasteiger charge is -2.13. The van der Waals surface area contributed by atoms with Crippen molar-refractivity contribution in [1.82, 2.24) is 5.32 Å². The zero-order chi connectivity index (χ0) is 21.2. The van der Waals surface area contributed by atoms with Gasteiger partial charge >= 0.3 is 0 Å². The van der Waals surface area contributed by atoms with Gasteiger partial charge in [0.05, 0.1) is 21.3 Å². The van der Waals surface area contributed by atoms with E-state index in [0.29, 0.717) is 45.2 Å². The third-order valence-electron chi connectivity index (χ3n) is 4.00. The van der Waals surface area contributed by atoms with Crippen LogP contribution < -0.4 is 19.5 Å². The Bertz CT molecular complexity index is 854. The number of thioether (sulfide) groups is 1. The van der Waals surface area contributed by atoms with Crippen LogP contribution in [0.4, 0.5) is 0 Å². The third-order valence-corrected chi connectivity index (χ3v) is 5.70. The van der Waals surface area contributed by atoms with Crippen molar-refractivity contribution in [3.8, 4) is 17.2 Å². The Morgan fingerprint density at radius 1 is 1.03 bits per heavy atom. The highest BCUT2D eigenvalue weighted by atomic mass is 35.5. The zero-order valence-electron chi connectivity index (χ0n) is 16.5. The van der Waals surface area contributed by atoms with Crippen LogP contribution in [0.3, 0.4) is 0 Å². The van der Waals surface area contributed by atoms with Gasteiger partial charge in [0.1, 0.15) is 0 Å². The Morgan fingerprint density at radius 3 is 2.34 bits per heavy atom. The molecule has 0 aliphatic heterocycles. The van der Waals surface area contributed by atoms with Crippen LogP contribution in [0.2, 0.25) is 10.0 Å². The minimum absolute atomic E-state index is 0.196. The number of amides is 1. The lowest BCUT2D eigenvalue weighted by molar-refractivity contribution is -0.116. The first kappa shape index (κ1) is 23.3. The summed E-state index contributed by atoms with van der Waals surface area (Å²) in [5.74, 6) is 2.77. The molecule has 29 heavy (non-hydrogen) atoms. The Labute approximate surface area is 185 Å². The van der Waals surface area contributed by atoms with Crippen molar-refractivity contribution in [2.45, 2.75) is 5.75 Å². The van der Waals surface area contributed by atoms with Crippen LogP contribution in [0.1, 0.15) is 11.1 Å². The van der Waals surface area contributed by atoms with Crippen molar-refractivity contribution >= 4 is 46.9 Å². The van der Waals surface area contributed by atoms with E-state index in [2.05, 4.69) is 5.32 Å². The van der Waals surface area contributed by atoms with Crippen LogP contribution in [-0.2, 0) is 10.5 Å². The van der Waals surface area contributed by atoms with E-state index in [1.165, 1.54) is 20.3 Å². The van der Waals surface area contributed by atoms with Crippen LogP contribution in [0.5, 0.6) is 17.2 Å². The predicted molar refractivity (Wildman–Crippen MR) is 121 cm³/mol. The fourth-order valence-corrected chi connectivity index (χ4v) is 4.17. The van der Waals surface area contributed by atoms with E-state index < -0.39 is 0 Å². The topological polar surface area (TPSA) is 56.8 Å². The first-order chi connectivity index (χ1) is 14.0. The average molecular weight is 456 g/mol. The minimum Gasteiger partial charge on any atom is -0.493 e. The summed E-state index contributed by atoms with van der Waals surface area (Å²) in [6, 6.07) is 9.01. The number of carbonyl (C=O) groups is 1. The molecule has 0 aliphatic carbocycles. The molecule has 5 nitrogen and oxygen atoms in total. The molecule has 0 unspecified atom stereocenters. The maximum Gasteiger partial charge on any atom is 0.244 e. The highest BCUT2D eigenvalue weighted by molar-refractivity contribution is 7.98. The summed E-state index contributed by atoms with van der Waals surface area (Å²) >= 11 is 14.0. The predicted octanol–water partition coefficient (Wildman–Crippen LogP) is 5.08. The summed E-state index contributed by atoms with van der Waals surface area (Å²) in [5.41, 5.74) is 1.62. The second-order valence-electron chi connectivity index (χ2n) is 5.80. The molecule has 0 aliphatic rings. The van der Waals surface area contributed by atoms with Crippen molar-refractivity contribution in [3.63, 3.8) is 0 Å². The molecule has 2 rings (SSSR count). The van der Waals surface area contributed by atoms with Crippen LogP contribution in [0, 0.1) is 0 Å². The van der Waals surface area contributed by atoms with Gasteiger partial charge in [0.2, 0.25) is 11.7 Å². The van der Waals surface area contributed by atoms with E-state index in [0.717, 1.165) is 11.3 Å². The number of carbonyl (C=O) groups excluding carboxylic acids is 1. The third kappa shape index (κ3) is 6.49. The molecule has 0 fully saturated rings. The van der Waals surface area contributed by atoms with Gasteiger partial charge in [-0.3, -0.25) is 4.79 Å². The number of nitrogens with one attached hydrogen (secondary N) is 1. The van der Waals surface area contributed by atoms with Gasteiger partial charge < -0.3 is 19.5 Å². The highest BCUT2D eigenvalue weighted by Gasteiger charge is 2.14. The van der Waals surface area contributed by atoms with Gasteiger partial charge in [-0.1, -0.05) is 29.3 Å². The van der Waals surface area contributed by atoms with E-state index in [9.17, 15) is 4.79 Å². The lowest BCUT2D eigenvalue weighted by atomic mass is 10.1. The second-order valence-corrected chi connectivity index (χ2v) is 7.72. The normalized spacial score (nSPS) is 10.8. The van der Waals surface area contributed by atoms with Crippen LogP contribution in [0.15, 0.2) is 36.4 Å². The summed E-state index contributed by atoms with van der Waals surface area (Å²) < 4.78 is 16.0. The Balaban J connectivity index is 1.86. The second kappa shape index (κ2) is 11.9. The quantitative estimate of drug-likeness (QED) is 0.399. The molecule has 156 valence electrons. The molecular weight excluding hydrogens is 433 g/mol. The van der Waals surface area contributed by atoms with Gasteiger partial charge in [-0.05, 0) is 35.9 Å². The lowest BCUT2D eigenvalue weighted by Crippen LogP contribution is -2.23. The van der Waals surface area contributed by atoms with Crippen molar-refractivity contribution in [3.05, 3.63) is 57.6 Å². The SMILES string of the molecule is COc1ccc(/C=C/C(=O)NCCSCc2c(Cl)cccc2Cl)c(OC)c1OC. The molecule has 1 amide bonds. The standard InChI is InChI=1S/C21H23Cl2NO4S/c1-26-18-9-7-14(20(27-2)21(18)28-3)8-10-19(25)24-11-12-29-13-15-16(22)5-4-6-17(15)23/h4-10H,11-13H2,1-3H3,(H,24,25)/b10-8+. The van der Waals surface area contributed by atoms with Gasteiger partial charge in [-0.15, -0.1) is 0 Å². The monoisotopic (exact) mass is 455 g/mol. The summed E-state index contributed by atoms with van der Waals surface area (Å²) in [7, 11) is 4.63. The van der Waals surface area contributed by atoms with Gasteiger partial charge in [0.15, 0.2) is 11.5 Å². The molecule has 0 aromatic heterocycles. The highest BCUT2D eigenvalue weighted by Crippen LogP contribution is 2.40. The fraction of sp³-hybridized carbons (Fsp3) is 0.286. The van der Waals surface area contributed by atoms with Crippen molar-refractivity contribution in [1.29, 1.82) is 0 Å². The summed E-state index contributed by atoms with van der Waals surface area (Å²) in [6.45, 7) is 0.527.